The average molecular weight is 258 g/mol. The summed E-state index contributed by atoms with van der Waals surface area (Å²) in [4.78, 5) is 6.88. The Labute approximate surface area is 116 Å². The van der Waals surface area contributed by atoms with E-state index in [-0.39, 0.29) is 0 Å². The van der Waals surface area contributed by atoms with Gasteiger partial charge >= 0.3 is 0 Å². The Morgan fingerprint density at radius 3 is 2.30 bits per heavy atom. The molecule has 4 aromatic rings. The summed E-state index contributed by atoms with van der Waals surface area (Å²) >= 11 is 0. The van der Waals surface area contributed by atoms with Gasteiger partial charge in [-0.25, -0.2) is 0 Å². The van der Waals surface area contributed by atoms with Crippen LogP contribution in [0.2, 0.25) is 0 Å². The standard InChI is InChI=1S/C18H14N2/c1-3-11-13-9-18-14(10-17(13)19-15(11)4-2)12-7-5-6-8-16(12)20-18/h3-10,19-20H,1-2H2. The van der Waals surface area contributed by atoms with Crippen LogP contribution < -0.4 is 0 Å². The van der Waals surface area contributed by atoms with E-state index in [0.29, 0.717) is 0 Å². The van der Waals surface area contributed by atoms with Crippen LogP contribution in [0.25, 0.3) is 44.9 Å². The van der Waals surface area contributed by atoms with Crippen molar-refractivity contribution in [3.63, 3.8) is 0 Å². The van der Waals surface area contributed by atoms with Crippen molar-refractivity contribution >= 4 is 44.9 Å². The fourth-order valence-electron chi connectivity index (χ4n) is 2.96. The highest BCUT2D eigenvalue weighted by molar-refractivity contribution is 6.12. The number of para-hydroxylation sites is 1. The van der Waals surface area contributed by atoms with E-state index in [4.69, 9.17) is 0 Å². The molecule has 0 fully saturated rings. The van der Waals surface area contributed by atoms with Gasteiger partial charge in [0, 0.05) is 44.0 Å². The molecule has 0 aliphatic rings. The molecule has 96 valence electrons. The molecule has 0 amide bonds. The molecule has 0 saturated carbocycles. The number of hydrogen-bond donors (Lipinski definition) is 2. The molecule has 4 rings (SSSR count). The molecule has 0 unspecified atom stereocenters. The van der Waals surface area contributed by atoms with Crippen molar-refractivity contribution in [1.29, 1.82) is 0 Å². The minimum absolute atomic E-state index is 1.02. The summed E-state index contributed by atoms with van der Waals surface area (Å²) in [6, 6.07) is 12.8. The van der Waals surface area contributed by atoms with Gasteiger partial charge < -0.3 is 9.97 Å². The molecule has 0 radical (unpaired) electrons. The van der Waals surface area contributed by atoms with E-state index in [1.807, 2.05) is 12.2 Å². The summed E-state index contributed by atoms with van der Waals surface area (Å²) in [5.74, 6) is 0. The molecule has 20 heavy (non-hydrogen) atoms. The molecule has 2 aromatic carbocycles. The Kier molecular flexibility index (Phi) is 2.15. The third kappa shape index (κ3) is 1.33. The van der Waals surface area contributed by atoms with Crippen molar-refractivity contribution in [2.45, 2.75) is 0 Å². The Morgan fingerprint density at radius 2 is 1.50 bits per heavy atom. The number of aromatic amines is 2. The highest BCUT2D eigenvalue weighted by atomic mass is 14.7. The summed E-state index contributed by atoms with van der Waals surface area (Å²) in [5, 5.41) is 3.66. The van der Waals surface area contributed by atoms with Crippen LogP contribution in [-0.4, -0.2) is 9.97 Å². The number of nitrogens with one attached hydrogen (secondary N) is 2. The Bertz CT molecular complexity index is 983. The molecule has 2 N–H and O–H groups in total. The smallest absolute Gasteiger partial charge is 0.0472 e. The lowest BCUT2D eigenvalue weighted by atomic mass is 10.1. The third-order valence-corrected chi connectivity index (χ3v) is 3.90. The van der Waals surface area contributed by atoms with Crippen molar-refractivity contribution in [1.82, 2.24) is 9.97 Å². The molecule has 2 heteroatoms. The van der Waals surface area contributed by atoms with Crippen LogP contribution >= 0.6 is 0 Å². The zero-order valence-electron chi connectivity index (χ0n) is 11.0. The first kappa shape index (κ1) is 11.1. The Balaban J connectivity index is 2.21. The molecular weight excluding hydrogens is 244 g/mol. The normalized spacial score (nSPS) is 11.4. The van der Waals surface area contributed by atoms with Gasteiger partial charge in [0.05, 0.1) is 0 Å². The summed E-state index contributed by atoms with van der Waals surface area (Å²) in [5.41, 5.74) is 5.56. The predicted molar refractivity (Wildman–Crippen MR) is 87.8 cm³/mol. The van der Waals surface area contributed by atoms with Gasteiger partial charge in [-0.3, -0.25) is 0 Å². The molecule has 0 saturated heterocycles. The predicted octanol–water partition coefficient (Wildman–Crippen LogP) is 5.09. The van der Waals surface area contributed by atoms with Crippen molar-refractivity contribution in [2.24, 2.45) is 0 Å². The maximum Gasteiger partial charge on any atom is 0.0472 e. The zero-order valence-corrected chi connectivity index (χ0v) is 11.0. The van der Waals surface area contributed by atoms with Crippen LogP contribution in [0.1, 0.15) is 11.3 Å². The van der Waals surface area contributed by atoms with Gasteiger partial charge in [0.1, 0.15) is 0 Å². The largest absolute Gasteiger partial charge is 0.355 e. The van der Waals surface area contributed by atoms with Crippen LogP contribution in [0, 0.1) is 0 Å². The first-order valence-electron chi connectivity index (χ1n) is 6.63. The quantitative estimate of drug-likeness (QED) is 0.502. The van der Waals surface area contributed by atoms with E-state index in [2.05, 4.69) is 59.5 Å². The van der Waals surface area contributed by atoms with Crippen molar-refractivity contribution in [3.05, 3.63) is 60.8 Å². The number of rotatable bonds is 2. The molecule has 0 atom stereocenters. The van der Waals surface area contributed by atoms with Crippen LogP contribution in [-0.2, 0) is 0 Å². The number of fused-ring (bicyclic) bond motifs is 4. The second-order valence-electron chi connectivity index (χ2n) is 4.97. The first-order chi connectivity index (χ1) is 9.81. The summed E-state index contributed by atoms with van der Waals surface area (Å²) in [6.45, 7) is 7.76. The highest BCUT2D eigenvalue weighted by Crippen LogP contribution is 2.32. The average Bonchev–Trinajstić information content (AvgIpc) is 3.01. The number of benzene rings is 2. The lowest BCUT2D eigenvalue weighted by Gasteiger charge is -1.94. The van der Waals surface area contributed by atoms with Gasteiger partial charge in [-0.2, -0.15) is 0 Å². The summed E-state index contributed by atoms with van der Waals surface area (Å²) < 4.78 is 0. The van der Waals surface area contributed by atoms with Gasteiger partial charge in [-0.15, -0.1) is 0 Å². The summed E-state index contributed by atoms with van der Waals surface area (Å²) in [7, 11) is 0. The topological polar surface area (TPSA) is 31.6 Å². The fourth-order valence-corrected chi connectivity index (χ4v) is 2.96. The number of H-pyrrole nitrogens is 2. The molecule has 0 aliphatic carbocycles. The Morgan fingerprint density at radius 1 is 0.750 bits per heavy atom. The van der Waals surface area contributed by atoms with Crippen LogP contribution in [0.15, 0.2) is 49.6 Å². The maximum absolute atomic E-state index is 3.91. The van der Waals surface area contributed by atoms with Crippen LogP contribution in [0.3, 0.4) is 0 Å². The minimum Gasteiger partial charge on any atom is -0.355 e. The summed E-state index contributed by atoms with van der Waals surface area (Å²) in [6.07, 6.45) is 3.72. The maximum atomic E-state index is 3.91. The van der Waals surface area contributed by atoms with E-state index in [0.717, 1.165) is 22.3 Å². The van der Waals surface area contributed by atoms with Crippen LogP contribution in [0.4, 0.5) is 0 Å². The van der Waals surface area contributed by atoms with Gasteiger partial charge in [-0.05, 0) is 24.3 Å². The number of aromatic nitrogens is 2. The SMILES string of the molecule is C=Cc1[nH]c2cc3c(cc2c1C=C)[nH]c1ccccc13. The highest BCUT2D eigenvalue weighted by Gasteiger charge is 2.10. The minimum atomic E-state index is 1.02. The molecule has 2 nitrogen and oxygen atoms in total. The van der Waals surface area contributed by atoms with Gasteiger partial charge in [-0.1, -0.05) is 37.4 Å². The lowest BCUT2D eigenvalue weighted by molar-refractivity contribution is 1.43. The van der Waals surface area contributed by atoms with Crippen molar-refractivity contribution in [3.8, 4) is 0 Å². The fraction of sp³-hybridized carbons (Fsp3) is 0. The second-order valence-corrected chi connectivity index (χ2v) is 4.97. The molecular formula is C18H14N2. The molecule has 2 aromatic heterocycles. The molecule has 0 aliphatic heterocycles. The van der Waals surface area contributed by atoms with Crippen molar-refractivity contribution < 1.29 is 0 Å². The third-order valence-electron chi connectivity index (χ3n) is 3.90. The lowest BCUT2D eigenvalue weighted by Crippen LogP contribution is -1.73. The molecule has 0 spiro atoms. The Hall–Kier alpha value is -2.74. The van der Waals surface area contributed by atoms with E-state index in [9.17, 15) is 0 Å². The van der Waals surface area contributed by atoms with E-state index in [1.165, 1.54) is 21.7 Å². The second kappa shape index (κ2) is 3.87. The van der Waals surface area contributed by atoms with Crippen LogP contribution in [0.5, 0.6) is 0 Å². The number of hydrogen-bond acceptors (Lipinski definition) is 0. The molecule has 2 heterocycles. The molecule has 0 bridgehead atoms. The van der Waals surface area contributed by atoms with Gasteiger partial charge in [0.25, 0.3) is 0 Å². The first-order valence-corrected chi connectivity index (χ1v) is 6.63. The van der Waals surface area contributed by atoms with E-state index < -0.39 is 0 Å². The zero-order chi connectivity index (χ0) is 13.7. The van der Waals surface area contributed by atoms with Gasteiger partial charge in [0.15, 0.2) is 0 Å². The van der Waals surface area contributed by atoms with Gasteiger partial charge in [0.2, 0.25) is 0 Å². The van der Waals surface area contributed by atoms with E-state index >= 15 is 0 Å². The monoisotopic (exact) mass is 258 g/mol. The van der Waals surface area contributed by atoms with E-state index in [1.54, 1.807) is 0 Å². The van der Waals surface area contributed by atoms with Crippen molar-refractivity contribution in [2.75, 3.05) is 0 Å².